The molecular weight excluding hydrogens is 418 g/mol. The van der Waals surface area contributed by atoms with Crippen molar-refractivity contribution in [1.29, 1.82) is 0 Å². The average Bonchev–Trinajstić information content (AvgIpc) is 2.66. The van der Waals surface area contributed by atoms with Gasteiger partial charge in [-0.1, -0.05) is 30.3 Å². The fourth-order valence-corrected chi connectivity index (χ4v) is 2.49. The number of carbonyl (C=O) groups excluding carboxylic acids is 4. The van der Waals surface area contributed by atoms with Gasteiger partial charge in [0.2, 0.25) is 0 Å². The van der Waals surface area contributed by atoms with E-state index >= 15 is 0 Å². The first-order valence-corrected chi connectivity index (χ1v) is 10.3. The molecule has 0 heterocycles. The van der Waals surface area contributed by atoms with Crippen LogP contribution in [0.4, 0.5) is 9.59 Å². The van der Waals surface area contributed by atoms with E-state index < -0.39 is 41.4 Å². The quantitative estimate of drug-likeness (QED) is 0.448. The number of carbonyl (C=O) groups is 4. The van der Waals surface area contributed by atoms with E-state index in [9.17, 15) is 19.2 Å². The Bertz CT molecular complexity index is 764. The summed E-state index contributed by atoms with van der Waals surface area (Å²) < 4.78 is 20.6. The average molecular weight is 452 g/mol. The normalized spacial score (nSPS) is 12.3. The van der Waals surface area contributed by atoms with E-state index in [1.54, 1.807) is 65.8 Å². The van der Waals surface area contributed by atoms with Gasteiger partial charge in [0, 0.05) is 6.42 Å². The molecule has 1 atom stereocenters. The molecule has 0 aromatic heterocycles. The predicted molar refractivity (Wildman–Crippen MR) is 116 cm³/mol. The van der Waals surface area contributed by atoms with E-state index in [0.717, 1.165) is 0 Å². The number of rotatable bonds is 7. The molecule has 0 bridgehead atoms. The Morgan fingerprint density at radius 3 is 1.81 bits per heavy atom. The third-order valence-corrected chi connectivity index (χ3v) is 3.84. The van der Waals surface area contributed by atoms with Gasteiger partial charge in [-0.3, -0.25) is 4.79 Å². The van der Waals surface area contributed by atoms with Gasteiger partial charge in [0.25, 0.3) is 0 Å². The zero-order chi connectivity index (χ0) is 24.5. The Hall–Kier alpha value is -3.10. The summed E-state index contributed by atoms with van der Waals surface area (Å²) in [7, 11) is 1.20. The molecule has 1 unspecified atom stereocenters. The zero-order valence-electron chi connectivity index (χ0n) is 19.8. The second kappa shape index (κ2) is 11.5. The van der Waals surface area contributed by atoms with Crippen LogP contribution in [-0.2, 0) is 35.1 Å². The molecule has 0 radical (unpaired) electrons. The molecule has 9 heteroatoms. The maximum Gasteiger partial charge on any atom is 0.420 e. The van der Waals surface area contributed by atoms with Crippen LogP contribution < -0.4 is 0 Å². The first-order valence-electron chi connectivity index (χ1n) is 10.3. The second-order valence-corrected chi connectivity index (χ2v) is 9.05. The molecule has 0 aliphatic rings. The first kappa shape index (κ1) is 26.9. The van der Waals surface area contributed by atoms with Gasteiger partial charge in [0.1, 0.15) is 23.9 Å². The number of hydrogen-bond acceptors (Lipinski definition) is 8. The van der Waals surface area contributed by atoms with Crippen molar-refractivity contribution < 1.29 is 38.1 Å². The Morgan fingerprint density at radius 1 is 0.875 bits per heavy atom. The van der Waals surface area contributed by atoms with E-state index in [4.69, 9.17) is 14.2 Å². The van der Waals surface area contributed by atoms with Crippen LogP contribution in [0.1, 0.15) is 59.9 Å². The van der Waals surface area contributed by atoms with Crippen molar-refractivity contribution in [2.75, 3.05) is 7.11 Å². The van der Waals surface area contributed by atoms with Crippen molar-refractivity contribution in [2.24, 2.45) is 0 Å². The number of ether oxygens (including phenoxy) is 4. The molecule has 0 saturated carbocycles. The number of methoxy groups -OCH3 is 1. The van der Waals surface area contributed by atoms with Crippen LogP contribution in [0.3, 0.4) is 0 Å². The molecule has 9 nitrogen and oxygen atoms in total. The van der Waals surface area contributed by atoms with Gasteiger partial charge in [-0.25, -0.2) is 14.4 Å². The lowest BCUT2D eigenvalue weighted by atomic mass is 10.1. The summed E-state index contributed by atoms with van der Waals surface area (Å²) in [6.07, 6.45) is -2.63. The Morgan fingerprint density at radius 2 is 1.38 bits per heavy atom. The summed E-state index contributed by atoms with van der Waals surface area (Å²) in [5.41, 5.74) is -1.18. The van der Waals surface area contributed by atoms with Gasteiger partial charge in [-0.2, -0.15) is 4.90 Å². The van der Waals surface area contributed by atoms with Crippen molar-refractivity contribution in [3.8, 4) is 0 Å². The Labute approximate surface area is 188 Å². The lowest BCUT2D eigenvalue weighted by Crippen LogP contribution is -2.52. The minimum Gasteiger partial charge on any atom is -0.469 e. The fraction of sp³-hybridized carbons (Fsp3) is 0.565. The van der Waals surface area contributed by atoms with E-state index in [2.05, 4.69) is 4.74 Å². The zero-order valence-corrected chi connectivity index (χ0v) is 19.8. The highest BCUT2D eigenvalue weighted by Crippen LogP contribution is 2.20. The molecule has 0 N–H and O–H groups in total. The Balaban J connectivity index is 3.23. The van der Waals surface area contributed by atoms with Crippen LogP contribution >= 0.6 is 0 Å². The molecule has 1 aromatic rings. The minimum atomic E-state index is -1.46. The van der Waals surface area contributed by atoms with Crippen LogP contribution in [0.25, 0.3) is 0 Å². The van der Waals surface area contributed by atoms with Crippen LogP contribution in [0.2, 0.25) is 0 Å². The minimum absolute atomic E-state index is 0.0785. The topological polar surface area (TPSA) is 108 Å². The molecule has 1 aromatic carbocycles. The molecule has 0 saturated heterocycles. The van der Waals surface area contributed by atoms with Crippen molar-refractivity contribution in [2.45, 2.75) is 78.2 Å². The number of nitrogens with zero attached hydrogens (tertiary/aromatic N) is 1. The van der Waals surface area contributed by atoms with Crippen LogP contribution in [0.5, 0.6) is 0 Å². The molecular formula is C23H33NO8. The maximum atomic E-state index is 13.0. The van der Waals surface area contributed by atoms with Gasteiger partial charge >= 0.3 is 24.1 Å². The highest BCUT2D eigenvalue weighted by Gasteiger charge is 2.41. The standard InChI is InChI=1S/C23H33NO8/c1-22(2,3)31-20(27)24(21(28)32-23(4,5)6)17(13-14-18(25)29-7)19(26)30-15-16-11-9-8-10-12-16/h8-12,17H,13-15H2,1-7H3. The van der Waals surface area contributed by atoms with Crippen molar-refractivity contribution >= 4 is 24.1 Å². The molecule has 0 fully saturated rings. The summed E-state index contributed by atoms with van der Waals surface area (Å²) in [4.78, 5) is 51.0. The SMILES string of the molecule is COC(=O)CCC(C(=O)OCc1ccccc1)N(C(=O)OC(C)(C)C)C(=O)OC(C)(C)C. The maximum absolute atomic E-state index is 13.0. The Kier molecular flexibility index (Phi) is 9.68. The lowest BCUT2D eigenvalue weighted by molar-refractivity contribution is -0.152. The van der Waals surface area contributed by atoms with Crippen LogP contribution in [0, 0.1) is 0 Å². The third kappa shape index (κ3) is 9.80. The molecule has 0 aliphatic heterocycles. The van der Waals surface area contributed by atoms with Gasteiger partial charge in [-0.05, 0) is 53.5 Å². The fourth-order valence-electron chi connectivity index (χ4n) is 2.49. The molecule has 1 rings (SSSR count). The summed E-state index contributed by atoms with van der Waals surface area (Å²) in [5, 5.41) is 0. The van der Waals surface area contributed by atoms with Gasteiger partial charge < -0.3 is 18.9 Å². The highest BCUT2D eigenvalue weighted by molar-refractivity contribution is 5.94. The van der Waals surface area contributed by atoms with Crippen molar-refractivity contribution in [3.63, 3.8) is 0 Å². The molecule has 178 valence electrons. The van der Waals surface area contributed by atoms with E-state index in [1.807, 2.05) is 6.07 Å². The van der Waals surface area contributed by atoms with E-state index in [0.29, 0.717) is 10.5 Å². The highest BCUT2D eigenvalue weighted by atomic mass is 16.6. The number of amides is 2. The monoisotopic (exact) mass is 451 g/mol. The number of benzene rings is 1. The molecule has 0 aliphatic carbocycles. The van der Waals surface area contributed by atoms with Crippen molar-refractivity contribution in [3.05, 3.63) is 35.9 Å². The number of imide groups is 1. The summed E-state index contributed by atoms with van der Waals surface area (Å²) in [6, 6.07) is 7.45. The number of hydrogen-bond donors (Lipinski definition) is 0. The first-order chi connectivity index (χ1) is 14.7. The van der Waals surface area contributed by atoms with Gasteiger partial charge in [-0.15, -0.1) is 0 Å². The third-order valence-electron chi connectivity index (χ3n) is 3.84. The lowest BCUT2D eigenvalue weighted by Gasteiger charge is -2.32. The summed E-state index contributed by atoms with van der Waals surface area (Å²) in [5.74, 6) is -1.49. The predicted octanol–water partition coefficient (Wildman–Crippen LogP) is 4.22. The molecule has 32 heavy (non-hydrogen) atoms. The van der Waals surface area contributed by atoms with E-state index in [1.165, 1.54) is 7.11 Å². The van der Waals surface area contributed by atoms with Crippen LogP contribution in [0.15, 0.2) is 30.3 Å². The largest absolute Gasteiger partial charge is 0.469 e. The number of esters is 2. The molecule has 2 amide bonds. The smallest absolute Gasteiger partial charge is 0.420 e. The van der Waals surface area contributed by atoms with Gasteiger partial charge in [0.05, 0.1) is 7.11 Å². The van der Waals surface area contributed by atoms with Crippen LogP contribution in [-0.4, -0.2) is 53.4 Å². The second-order valence-electron chi connectivity index (χ2n) is 9.05. The van der Waals surface area contributed by atoms with E-state index in [-0.39, 0.29) is 19.4 Å². The summed E-state index contributed by atoms with van der Waals surface area (Å²) >= 11 is 0. The van der Waals surface area contributed by atoms with Gasteiger partial charge in [0.15, 0.2) is 0 Å². The van der Waals surface area contributed by atoms with Crippen molar-refractivity contribution in [1.82, 2.24) is 4.90 Å². The molecule has 0 spiro atoms. The summed E-state index contributed by atoms with van der Waals surface area (Å²) in [6.45, 7) is 9.64.